The number of anilines is 3. The van der Waals surface area contributed by atoms with Gasteiger partial charge >= 0.3 is 0 Å². The van der Waals surface area contributed by atoms with Gasteiger partial charge in [0.2, 0.25) is 5.95 Å². The lowest BCUT2D eigenvalue weighted by atomic mass is 10.1. The van der Waals surface area contributed by atoms with Crippen molar-refractivity contribution in [3.63, 3.8) is 0 Å². The molecule has 35 heavy (non-hydrogen) atoms. The molecular weight excluding hydrogens is 448 g/mol. The summed E-state index contributed by atoms with van der Waals surface area (Å²) in [5.74, 6) is 1.51. The third kappa shape index (κ3) is 5.09. The van der Waals surface area contributed by atoms with Gasteiger partial charge in [0.15, 0.2) is 17.3 Å². The Morgan fingerprint density at radius 1 is 1.06 bits per heavy atom. The summed E-state index contributed by atoms with van der Waals surface area (Å²) in [6, 6.07) is 14.7. The molecule has 2 heterocycles. The van der Waals surface area contributed by atoms with Crippen LogP contribution in [0.4, 0.5) is 17.5 Å². The number of carbonyl (C=O) groups is 1. The van der Waals surface area contributed by atoms with Gasteiger partial charge in [-0.1, -0.05) is 30.3 Å². The van der Waals surface area contributed by atoms with Crippen LogP contribution < -0.4 is 31.6 Å². The van der Waals surface area contributed by atoms with Gasteiger partial charge in [-0.2, -0.15) is 4.98 Å². The largest absolute Gasteiger partial charge is 0.497 e. The molecule has 11 nitrogen and oxygen atoms in total. The molecule has 1 amide bonds. The van der Waals surface area contributed by atoms with Gasteiger partial charge in [-0.3, -0.25) is 4.79 Å². The second-order valence-electron chi connectivity index (χ2n) is 8.64. The van der Waals surface area contributed by atoms with Crippen LogP contribution in [0, 0.1) is 0 Å². The zero-order valence-corrected chi connectivity index (χ0v) is 20.0. The summed E-state index contributed by atoms with van der Waals surface area (Å²) in [6.45, 7) is 4.17. The quantitative estimate of drug-likeness (QED) is 0.285. The molecule has 0 saturated carbocycles. The highest BCUT2D eigenvalue weighted by molar-refractivity contribution is 6.04. The molecule has 0 fully saturated rings. The Labute approximate surface area is 202 Å². The predicted molar refractivity (Wildman–Crippen MR) is 134 cm³/mol. The van der Waals surface area contributed by atoms with Crippen molar-refractivity contribution in [1.29, 1.82) is 0 Å². The van der Waals surface area contributed by atoms with Crippen LogP contribution >= 0.6 is 0 Å². The SMILES string of the molecule is COc1cc(Nc2nc(NCC(C)(C)N)n3c(-c4ccccc4)nnc3c2C(N)=O)cc(OC)c1. The number of ether oxygens (including phenoxy) is 2. The maximum atomic E-state index is 12.6. The topological polar surface area (TPSA) is 155 Å². The van der Waals surface area contributed by atoms with E-state index in [0.717, 1.165) is 5.56 Å². The minimum atomic E-state index is -0.711. The molecule has 11 heteroatoms. The molecule has 0 saturated heterocycles. The zero-order chi connectivity index (χ0) is 25.2. The van der Waals surface area contributed by atoms with Crippen molar-refractivity contribution < 1.29 is 14.3 Å². The van der Waals surface area contributed by atoms with E-state index >= 15 is 0 Å². The van der Waals surface area contributed by atoms with Crippen molar-refractivity contribution in [1.82, 2.24) is 19.6 Å². The molecule has 4 aromatic rings. The van der Waals surface area contributed by atoms with Crippen molar-refractivity contribution in [2.45, 2.75) is 19.4 Å². The van der Waals surface area contributed by atoms with Gasteiger partial charge in [0.1, 0.15) is 17.1 Å². The first-order chi connectivity index (χ1) is 16.7. The third-order valence-corrected chi connectivity index (χ3v) is 5.15. The molecule has 182 valence electrons. The number of benzene rings is 2. The van der Waals surface area contributed by atoms with Crippen LogP contribution in [0.3, 0.4) is 0 Å². The fraction of sp³-hybridized carbons (Fsp3) is 0.250. The Morgan fingerprint density at radius 3 is 2.29 bits per heavy atom. The number of nitrogens with one attached hydrogen (secondary N) is 2. The summed E-state index contributed by atoms with van der Waals surface area (Å²) < 4.78 is 12.4. The molecule has 0 atom stereocenters. The van der Waals surface area contributed by atoms with E-state index in [1.165, 1.54) is 0 Å². The van der Waals surface area contributed by atoms with Gasteiger partial charge in [0.05, 0.1) is 14.2 Å². The summed E-state index contributed by atoms with van der Waals surface area (Å²) in [6.07, 6.45) is 0. The van der Waals surface area contributed by atoms with Crippen molar-refractivity contribution in [2.75, 3.05) is 31.4 Å². The van der Waals surface area contributed by atoms with Crippen LogP contribution in [0.2, 0.25) is 0 Å². The number of fused-ring (bicyclic) bond motifs is 1. The standard InChI is InChI=1S/C24H28N8O3/c1-24(2,26)13-27-23-29-20(28-15-10-16(34-3)12-17(11-15)35-4)18(19(25)33)22-31-30-21(32(22)23)14-8-6-5-7-9-14/h5-12,28H,13,26H2,1-4H3,(H2,25,33)(H,27,29). The molecule has 0 radical (unpaired) electrons. The zero-order valence-electron chi connectivity index (χ0n) is 20.0. The second kappa shape index (κ2) is 9.47. The average Bonchev–Trinajstić information content (AvgIpc) is 3.27. The smallest absolute Gasteiger partial charge is 0.256 e. The number of primary amides is 1. The van der Waals surface area contributed by atoms with E-state index < -0.39 is 11.4 Å². The second-order valence-corrected chi connectivity index (χ2v) is 8.64. The molecule has 0 unspecified atom stereocenters. The van der Waals surface area contributed by atoms with E-state index in [-0.39, 0.29) is 17.0 Å². The summed E-state index contributed by atoms with van der Waals surface area (Å²) in [4.78, 5) is 17.3. The van der Waals surface area contributed by atoms with Crippen LogP contribution in [0.25, 0.3) is 17.0 Å². The number of hydrogen-bond donors (Lipinski definition) is 4. The number of nitrogens with zero attached hydrogens (tertiary/aromatic N) is 4. The van der Waals surface area contributed by atoms with Crippen LogP contribution in [0.15, 0.2) is 48.5 Å². The molecule has 2 aromatic heterocycles. The minimum Gasteiger partial charge on any atom is -0.497 e. The highest BCUT2D eigenvalue weighted by atomic mass is 16.5. The normalized spacial score (nSPS) is 11.3. The average molecular weight is 477 g/mol. The van der Waals surface area contributed by atoms with E-state index in [1.807, 2.05) is 44.2 Å². The number of methoxy groups -OCH3 is 2. The molecular formula is C24H28N8O3. The van der Waals surface area contributed by atoms with Crippen molar-refractivity contribution >= 4 is 29.0 Å². The highest BCUT2D eigenvalue weighted by Crippen LogP contribution is 2.32. The minimum absolute atomic E-state index is 0.0824. The lowest BCUT2D eigenvalue weighted by Crippen LogP contribution is -2.40. The van der Waals surface area contributed by atoms with Crippen LogP contribution in [-0.4, -0.2) is 51.8 Å². The summed E-state index contributed by atoms with van der Waals surface area (Å²) in [7, 11) is 3.10. The molecule has 0 aliphatic carbocycles. The third-order valence-electron chi connectivity index (χ3n) is 5.15. The van der Waals surface area contributed by atoms with E-state index in [4.69, 9.17) is 25.9 Å². The summed E-state index contributed by atoms with van der Waals surface area (Å²) >= 11 is 0. The maximum Gasteiger partial charge on any atom is 0.256 e. The molecule has 0 spiro atoms. The van der Waals surface area contributed by atoms with Crippen molar-refractivity contribution in [3.8, 4) is 22.9 Å². The van der Waals surface area contributed by atoms with Crippen LogP contribution in [0.5, 0.6) is 11.5 Å². The van der Waals surface area contributed by atoms with Gasteiger partial charge in [-0.15, -0.1) is 10.2 Å². The number of nitrogens with two attached hydrogens (primary N) is 2. The van der Waals surface area contributed by atoms with Crippen LogP contribution in [-0.2, 0) is 0 Å². The molecule has 0 aliphatic rings. The van der Waals surface area contributed by atoms with E-state index in [2.05, 4.69) is 20.8 Å². The molecule has 4 rings (SSSR count). The fourth-order valence-corrected chi connectivity index (χ4v) is 3.50. The Kier molecular flexibility index (Phi) is 6.43. The lowest BCUT2D eigenvalue weighted by Gasteiger charge is -2.21. The monoisotopic (exact) mass is 476 g/mol. The Morgan fingerprint density at radius 2 is 1.71 bits per heavy atom. The number of carbonyl (C=O) groups excluding carboxylic acids is 1. The Hall–Kier alpha value is -4.38. The summed E-state index contributed by atoms with van der Waals surface area (Å²) in [5.41, 5.74) is 13.2. The van der Waals surface area contributed by atoms with Gasteiger partial charge in [-0.25, -0.2) is 4.40 Å². The Bertz CT molecular complexity index is 1340. The molecule has 0 bridgehead atoms. The van der Waals surface area contributed by atoms with Gasteiger partial charge in [-0.05, 0) is 13.8 Å². The Balaban J connectivity index is 1.93. The first kappa shape index (κ1) is 23.8. The molecule has 2 aromatic carbocycles. The number of amides is 1. The predicted octanol–water partition coefficient (Wildman–Crippen LogP) is 2.80. The van der Waals surface area contributed by atoms with Gasteiger partial charge in [0.25, 0.3) is 5.91 Å². The molecule has 6 N–H and O–H groups in total. The van der Waals surface area contributed by atoms with Gasteiger partial charge in [0, 0.05) is 41.5 Å². The number of aromatic nitrogens is 4. The van der Waals surface area contributed by atoms with Crippen molar-refractivity contribution in [2.24, 2.45) is 11.5 Å². The number of hydrogen-bond acceptors (Lipinski definition) is 9. The maximum absolute atomic E-state index is 12.6. The summed E-state index contributed by atoms with van der Waals surface area (Å²) in [5, 5.41) is 15.1. The molecule has 0 aliphatic heterocycles. The lowest BCUT2D eigenvalue weighted by molar-refractivity contribution is 0.100. The van der Waals surface area contributed by atoms with Crippen molar-refractivity contribution in [3.05, 3.63) is 54.1 Å². The van der Waals surface area contributed by atoms with E-state index in [9.17, 15) is 4.79 Å². The van der Waals surface area contributed by atoms with E-state index in [1.54, 1.807) is 36.8 Å². The first-order valence-electron chi connectivity index (χ1n) is 10.9. The number of rotatable bonds is 9. The first-order valence-corrected chi connectivity index (χ1v) is 10.9. The highest BCUT2D eigenvalue weighted by Gasteiger charge is 2.24. The fourth-order valence-electron chi connectivity index (χ4n) is 3.50. The van der Waals surface area contributed by atoms with Gasteiger partial charge < -0.3 is 31.6 Å². The van der Waals surface area contributed by atoms with E-state index in [0.29, 0.717) is 35.5 Å². The van der Waals surface area contributed by atoms with Crippen LogP contribution in [0.1, 0.15) is 24.2 Å².